The van der Waals surface area contributed by atoms with Gasteiger partial charge in [0.2, 0.25) is 0 Å². The highest BCUT2D eigenvalue weighted by Gasteiger charge is 2.12. The molecule has 3 aromatic rings. The van der Waals surface area contributed by atoms with Crippen molar-refractivity contribution in [2.75, 3.05) is 5.88 Å². The number of aromatic nitrogens is 5. The molecular formula is C13H13Cl2N5. The number of halogens is 2. The van der Waals surface area contributed by atoms with Gasteiger partial charge >= 0.3 is 0 Å². The minimum atomic E-state index is 0.521. The smallest absolute Gasteiger partial charge is 0.170 e. The van der Waals surface area contributed by atoms with Gasteiger partial charge in [0, 0.05) is 24.4 Å². The van der Waals surface area contributed by atoms with Crippen molar-refractivity contribution < 1.29 is 0 Å². The summed E-state index contributed by atoms with van der Waals surface area (Å²) in [5.74, 6) is 2.18. The van der Waals surface area contributed by atoms with E-state index >= 15 is 0 Å². The second-order valence-corrected chi connectivity index (χ2v) is 5.34. The first kappa shape index (κ1) is 13.4. The molecule has 0 amide bonds. The van der Waals surface area contributed by atoms with Crippen LogP contribution in [0.4, 0.5) is 0 Å². The Morgan fingerprint density at radius 3 is 2.85 bits per heavy atom. The molecule has 0 aliphatic heterocycles. The molecule has 0 saturated carbocycles. The molecule has 0 N–H and O–H groups in total. The molecule has 2 heterocycles. The first-order chi connectivity index (χ1) is 9.67. The summed E-state index contributed by atoms with van der Waals surface area (Å²) in [6, 6.07) is 5.66. The number of rotatable bonds is 4. The summed E-state index contributed by atoms with van der Waals surface area (Å²) in [5, 5.41) is 4.99. The minimum absolute atomic E-state index is 0.521. The fraction of sp³-hybridized carbons (Fsp3) is 0.308. The molecule has 0 aliphatic carbocycles. The fourth-order valence-electron chi connectivity index (χ4n) is 2.20. The molecule has 0 atom stereocenters. The average molecular weight is 310 g/mol. The number of imidazole rings is 1. The summed E-state index contributed by atoms with van der Waals surface area (Å²) in [5.41, 5.74) is 1.88. The fourth-order valence-corrected chi connectivity index (χ4v) is 2.53. The van der Waals surface area contributed by atoms with Crippen LogP contribution in [0.2, 0.25) is 5.02 Å². The summed E-state index contributed by atoms with van der Waals surface area (Å²) in [6.45, 7) is 0.559. The van der Waals surface area contributed by atoms with Crippen molar-refractivity contribution in [2.24, 2.45) is 7.05 Å². The van der Waals surface area contributed by atoms with Gasteiger partial charge in [0.1, 0.15) is 12.2 Å². The molecule has 7 heteroatoms. The van der Waals surface area contributed by atoms with E-state index in [2.05, 4.69) is 19.6 Å². The van der Waals surface area contributed by atoms with E-state index < -0.39 is 0 Å². The Hall–Kier alpha value is -1.59. The van der Waals surface area contributed by atoms with Crippen molar-refractivity contribution in [1.82, 2.24) is 24.3 Å². The van der Waals surface area contributed by atoms with Gasteiger partial charge in [-0.2, -0.15) is 5.10 Å². The molecule has 0 bridgehead atoms. The van der Waals surface area contributed by atoms with E-state index in [0.29, 0.717) is 23.9 Å². The zero-order chi connectivity index (χ0) is 14.1. The van der Waals surface area contributed by atoms with Crippen LogP contribution < -0.4 is 0 Å². The maximum absolute atomic E-state index is 6.08. The Labute approximate surface area is 126 Å². The van der Waals surface area contributed by atoms with Gasteiger partial charge < -0.3 is 4.57 Å². The molecule has 0 spiro atoms. The SMILES string of the molecule is Cn1cnc(Cn2c(CCCl)nc3ccc(Cl)cc32)n1. The Kier molecular flexibility index (Phi) is 3.63. The highest BCUT2D eigenvalue weighted by Crippen LogP contribution is 2.22. The quantitative estimate of drug-likeness (QED) is 0.696. The van der Waals surface area contributed by atoms with Gasteiger partial charge in [-0.1, -0.05) is 11.6 Å². The minimum Gasteiger partial charge on any atom is -0.320 e. The molecule has 2 aromatic heterocycles. The van der Waals surface area contributed by atoms with E-state index in [-0.39, 0.29) is 0 Å². The van der Waals surface area contributed by atoms with Crippen LogP contribution in [0.15, 0.2) is 24.5 Å². The largest absolute Gasteiger partial charge is 0.320 e. The van der Waals surface area contributed by atoms with Gasteiger partial charge in [-0.15, -0.1) is 11.6 Å². The van der Waals surface area contributed by atoms with E-state index in [1.54, 1.807) is 11.0 Å². The summed E-state index contributed by atoms with van der Waals surface area (Å²) < 4.78 is 3.75. The Bertz CT molecular complexity index is 746. The van der Waals surface area contributed by atoms with Crippen LogP contribution >= 0.6 is 23.2 Å². The summed E-state index contributed by atoms with van der Waals surface area (Å²) in [7, 11) is 1.85. The summed E-state index contributed by atoms with van der Waals surface area (Å²) in [4.78, 5) is 8.86. The van der Waals surface area contributed by atoms with E-state index in [9.17, 15) is 0 Å². The number of nitrogens with zero attached hydrogens (tertiary/aromatic N) is 5. The number of aryl methyl sites for hydroxylation is 2. The van der Waals surface area contributed by atoms with Crippen LogP contribution in [0, 0.1) is 0 Å². The highest BCUT2D eigenvalue weighted by molar-refractivity contribution is 6.31. The third-order valence-electron chi connectivity index (χ3n) is 3.05. The number of benzene rings is 1. The second-order valence-electron chi connectivity index (χ2n) is 4.52. The first-order valence-corrected chi connectivity index (χ1v) is 7.14. The van der Waals surface area contributed by atoms with Crippen LogP contribution in [-0.4, -0.2) is 30.2 Å². The molecule has 5 nitrogen and oxygen atoms in total. The lowest BCUT2D eigenvalue weighted by atomic mass is 10.3. The molecule has 0 saturated heterocycles. The zero-order valence-corrected chi connectivity index (χ0v) is 12.4. The van der Waals surface area contributed by atoms with Gasteiger partial charge in [0.05, 0.1) is 17.6 Å². The maximum Gasteiger partial charge on any atom is 0.170 e. The van der Waals surface area contributed by atoms with E-state index in [0.717, 1.165) is 22.7 Å². The van der Waals surface area contributed by atoms with E-state index in [1.807, 2.05) is 25.2 Å². The topological polar surface area (TPSA) is 48.5 Å². The zero-order valence-electron chi connectivity index (χ0n) is 10.9. The monoisotopic (exact) mass is 309 g/mol. The van der Waals surface area contributed by atoms with Crippen molar-refractivity contribution >= 4 is 34.2 Å². The third kappa shape index (κ3) is 2.51. The van der Waals surface area contributed by atoms with Gasteiger partial charge in [0.15, 0.2) is 5.82 Å². The van der Waals surface area contributed by atoms with Crippen molar-refractivity contribution in [3.8, 4) is 0 Å². The Morgan fingerprint density at radius 2 is 2.15 bits per heavy atom. The van der Waals surface area contributed by atoms with Crippen molar-refractivity contribution in [3.63, 3.8) is 0 Å². The molecule has 1 aromatic carbocycles. The van der Waals surface area contributed by atoms with Crippen LogP contribution in [-0.2, 0) is 20.0 Å². The van der Waals surface area contributed by atoms with Gasteiger partial charge in [-0.05, 0) is 18.2 Å². The Morgan fingerprint density at radius 1 is 1.30 bits per heavy atom. The molecule has 0 unspecified atom stereocenters. The number of alkyl halides is 1. The molecule has 0 fully saturated rings. The lowest BCUT2D eigenvalue weighted by Crippen LogP contribution is -2.07. The maximum atomic E-state index is 6.08. The van der Waals surface area contributed by atoms with Crippen LogP contribution in [0.5, 0.6) is 0 Å². The molecule has 104 valence electrons. The van der Waals surface area contributed by atoms with Crippen LogP contribution in [0.3, 0.4) is 0 Å². The average Bonchev–Trinajstić information content (AvgIpc) is 2.96. The number of hydrogen-bond acceptors (Lipinski definition) is 3. The molecule has 0 radical (unpaired) electrons. The molecule has 20 heavy (non-hydrogen) atoms. The molecule has 3 rings (SSSR count). The van der Waals surface area contributed by atoms with Crippen molar-refractivity contribution in [1.29, 1.82) is 0 Å². The molecular weight excluding hydrogens is 297 g/mol. The second kappa shape index (κ2) is 5.42. The van der Waals surface area contributed by atoms with Crippen LogP contribution in [0.25, 0.3) is 11.0 Å². The standard InChI is InChI=1S/C13H13Cl2N5/c1-19-8-16-12(18-19)7-20-11-6-9(15)2-3-10(11)17-13(20)4-5-14/h2-3,6,8H,4-5,7H2,1H3. The third-order valence-corrected chi connectivity index (χ3v) is 3.48. The van der Waals surface area contributed by atoms with Gasteiger partial charge in [-0.3, -0.25) is 4.68 Å². The lowest BCUT2D eigenvalue weighted by molar-refractivity contribution is 0.688. The van der Waals surface area contributed by atoms with E-state index in [1.165, 1.54) is 0 Å². The van der Waals surface area contributed by atoms with Gasteiger partial charge in [0.25, 0.3) is 0 Å². The first-order valence-electron chi connectivity index (χ1n) is 6.22. The summed E-state index contributed by atoms with van der Waals surface area (Å²) in [6.07, 6.45) is 2.38. The lowest BCUT2D eigenvalue weighted by Gasteiger charge is -2.06. The predicted molar refractivity (Wildman–Crippen MR) is 79.3 cm³/mol. The van der Waals surface area contributed by atoms with E-state index in [4.69, 9.17) is 23.2 Å². The van der Waals surface area contributed by atoms with Crippen molar-refractivity contribution in [3.05, 3.63) is 41.2 Å². The summed E-state index contributed by atoms with van der Waals surface area (Å²) >= 11 is 11.9. The number of hydrogen-bond donors (Lipinski definition) is 0. The molecule has 0 aliphatic rings. The van der Waals surface area contributed by atoms with Crippen LogP contribution in [0.1, 0.15) is 11.6 Å². The Balaban J connectivity index is 2.09. The normalized spacial score (nSPS) is 11.3. The highest BCUT2D eigenvalue weighted by atomic mass is 35.5. The predicted octanol–water partition coefficient (Wildman–Crippen LogP) is 2.65. The van der Waals surface area contributed by atoms with Crippen molar-refractivity contribution in [2.45, 2.75) is 13.0 Å². The number of fused-ring (bicyclic) bond motifs is 1. The van der Waals surface area contributed by atoms with Gasteiger partial charge in [-0.25, -0.2) is 9.97 Å².